The molecule has 2 aliphatic rings. The van der Waals surface area contributed by atoms with E-state index in [1.807, 2.05) is 4.90 Å². The predicted octanol–water partition coefficient (Wildman–Crippen LogP) is 1.80. The van der Waals surface area contributed by atoms with Gasteiger partial charge in [-0.05, 0) is 30.3 Å². The SMILES string of the molecule is O=C(OCC(=O)N1CCN(c2ncccn2)CC1)C1=Cc2cc(Cl)ccc2OC1. The highest BCUT2D eigenvalue weighted by Gasteiger charge is 2.24. The van der Waals surface area contributed by atoms with Gasteiger partial charge in [-0.2, -0.15) is 0 Å². The molecule has 1 amide bonds. The van der Waals surface area contributed by atoms with Crippen molar-refractivity contribution in [3.8, 4) is 5.75 Å². The molecule has 150 valence electrons. The zero-order valence-corrected chi connectivity index (χ0v) is 16.3. The van der Waals surface area contributed by atoms with Crippen molar-refractivity contribution in [2.45, 2.75) is 0 Å². The summed E-state index contributed by atoms with van der Waals surface area (Å²) in [4.78, 5) is 36.9. The van der Waals surface area contributed by atoms with E-state index in [1.165, 1.54) is 0 Å². The molecule has 0 aliphatic carbocycles. The van der Waals surface area contributed by atoms with Crippen LogP contribution in [0.2, 0.25) is 5.02 Å². The van der Waals surface area contributed by atoms with Crippen molar-refractivity contribution < 1.29 is 19.1 Å². The quantitative estimate of drug-likeness (QED) is 0.705. The molecule has 1 saturated heterocycles. The van der Waals surface area contributed by atoms with Crippen molar-refractivity contribution in [3.63, 3.8) is 0 Å². The van der Waals surface area contributed by atoms with Crippen LogP contribution in [0.4, 0.5) is 5.95 Å². The van der Waals surface area contributed by atoms with Gasteiger partial charge in [0.25, 0.3) is 5.91 Å². The van der Waals surface area contributed by atoms with Crippen molar-refractivity contribution in [1.29, 1.82) is 0 Å². The lowest BCUT2D eigenvalue weighted by molar-refractivity contribution is -0.149. The number of nitrogens with zero attached hydrogens (tertiary/aromatic N) is 4. The Morgan fingerprint density at radius 1 is 1.14 bits per heavy atom. The van der Waals surface area contributed by atoms with Gasteiger partial charge >= 0.3 is 5.97 Å². The third-order valence-electron chi connectivity index (χ3n) is 4.74. The van der Waals surface area contributed by atoms with Gasteiger partial charge in [-0.25, -0.2) is 14.8 Å². The smallest absolute Gasteiger partial charge is 0.338 e. The summed E-state index contributed by atoms with van der Waals surface area (Å²) in [5.74, 6) is 0.506. The maximum Gasteiger partial charge on any atom is 0.338 e. The van der Waals surface area contributed by atoms with Crippen LogP contribution in [0, 0.1) is 0 Å². The molecule has 4 rings (SSSR count). The Bertz CT molecular complexity index is 943. The van der Waals surface area contributed by atoms with Crippen molar-refractivity contribution in [1.82, 2.24) is 14.9 Å². The Balaban J connectivity index is 1.28. The molecule has 9 heteroatoms. The molecule has 3 heterocycles. The van der Waals surface area contributed by atoms with Crippen molar-refractivity contribution in [2.75, 3.05) is 44.3 Å². The minimum absolute atomic E-state index is 0.0946. The number of rotatable bonds is 4. The number of piperazine rings is 1. The zero-order valence-electron chi connectivity index (χ0n) is 15.6. The van der Waals surface area contributed by atoms with Crippen LogP contribution in [-0.2, 0) is 14.3 Å². The predicted molar refractivity (Wildman–Crippen MR) is 107 cm³/mol. The first-order valence-corrected chi connectivity index (χ1v) is 9.58. The van der Waals surface area contributed by atoms with E-state index in [4.69, 9.17) is 21.1 Å². The van der Waals surface area contributed by atoms with Crippen molar-refractivity contribution in [3.05, 3.63) is 52.8 Å². The average Bonchev–Trinajstić information content (AvgIpc) is 2.77. The number of hydrogen-bond acceptors (Lipinski definition) is 7. The monoisotopic (exact) mass is 414 g/mol. The topological polar surface area (TPSA) is 84.9 Å². The molecule has 0 spiro atoms. The normalized spacial score (nSPS) is 15.8. The van der Waals surface area contributed by atoms with Crippen LogP contribution in [0.3, 0.4) is 0 Å². The first-order valence-electron chi connectivity index (χ1n) is 9.20. The summed E-state index contributed by atoms with van der Waals surface area (Å²) < 4.78 is 10.8. The van der Waals surface area contributed by atoms with E-state index in [-0.39, 0.29) is 19.1 Å². The molecule has 0 atom stereocenters. The van der Waals surface area contributed by atoms with Gasteiger partial charge in [-0.15, -0.1) is 0 Å². The number of halogens is 1. The summed E-state index contributed by atoms with van der Waals surface area (Å²) in [5, 5.41) is 0.549. The summed E-state index contributed by atoms with van der Waals surface area (Å²) in [7, 11) is 0. The largest absolute Gasteiger partial charge is 0.488 e. The van der Waals surface area contributed by atoms with Gasteiger partial charge in [0.15, 0.2) is 6.61 Å². The molecular formula is C20H19ClN4O4. The fraction of sp³-hybridized carbons (Fsp3) is 0.300. The third-order valence-corrected chi connectivity index (χ3v) is 4.98. The van der Waals surface area contributed by atoms with Crippen LogP contribution in [0.5, 0.6) is 5.75 Å². The Morgan fingerprint density at radius 2 is 1.90 bits per heavy atom. The molecule has 29 heavy (non-hydrogen) atoms. The summed E-state index contributed by atoms with van der Waals surface area (Å²) in [6, 6.07) is 6.95. The molecule has 1 aromatic heterocycles. The zero-order chi connectivity index (χ0) is 20.2. The fourth-order valence-electron chi connectivity index (χ4n) is 3.19. The van der Waals surface area contributed by atoms with E-state index in [0.29, 0.717) is 54.0 Å². The summed E-state index contributed by atoms with van der Waals surface area (Å²) in [5.41, 5.74) is 1.06. The lowest BCUT2D eigenvalue weighted by Gasteiger charge is -2.34. The van der Waals surface area contributed by atoms with Gasteiger partial charge in [-0.3, -0.25) is 4.79 Å². The average molecular weight is 415 g/mol. The number of amides is 1. The van der Waals surface area contributed by atoms with Gasteiger partial charge in [-0.1, -0.05) is 11.6 Å². The van der Waals surface area contributed by atoms with Gasteiger partial charge in [0.1, 0.15) is 12.4 Å². The number of ether oxygens (including phenoxy) is 2. The van der Waals surface area contributed by atoms with E-state index in [0.717, 1.165) is 0 Å². The first kappa shape index (κ1) is 19.2. The fourth-order valence-corrected chi connectivity index (χ4v) is 3.37. The summed E-state index contributed by atoms with van der Waals surface area (Å²) >= 11 is 5.98. The van der Waals surface area contributed by atoms with E-state index in [2.05, 4.69) is 9.97 Å². The summed E-state index contributed by atoms with van der Waals surface area (Å²) in [6.07, 6.45) is 5.06. The lowest BCUT2D eigenvalue weighted by atomic mass is 10.1. The van der Waals surface area contributed by atoms with E-state index < -0.39 is 5.97 Å². The second kappa shape index (κ2) is 8.48. The van der Waals surface area contributed by atoms with Crippen LogP contribution >= 0.6 is 11.6 Å². The van der Waals surface area contributed by atoms with Crippen LogP contribution in [-0.4, -0.2) is 66.1 Å². The second-order valence-corrected chi connectivity index (χ2v) is 7.07. The Hall–Kier alpha value is -3.13. The van der Waals surface area contributed by atoms with E-state index in [1.54, 1.807) is 47.6 Å². The minimum Gasteiger partial charge on any atom is -0.488 e. The number of fused-ring (bicyclic) bond motifs is 1. The van der Waals surface area contributed by atoms with Crippen molar-refractivity contribution >= 4 is 35.5 Å². The highest BCUT2D eigenvalue weighted by atomic mass is 35.5. The number of carbonyl (C=O) groups excluding carboxylic acids is 2. The number of benzene rings is 1. The molecule has 2 aromatic rings. The Morgan fingerprint density at radius 3 is 2.66 bits per heavy atom. The van der Waals surface area contributed by atoms with E-state index in [9.17, 15) is 9.59 Å². The number of aromatic nitrogens is 2. The maximum atomic E-state index is 12.4. The molecule has 0 unspecified atom stereocenters. The highest BCUT2D eigenvalue weighted by molar-refractivity contribution is 6.30. The Kier molecular flexibility index (Phi) is 5.62. The molecule has 0 bridgehead atoms. The molecule has 8 nitrogen and oxygen atoms in total. The molecular weight excluding hydrogens is 396 g/mol. The van der Waals surface area contributed by atoms with Crippen LogP contribution in [0.15, 0.2) is 42.2 Å². The molecule has 1 aromatic carbocycles. The van der Waals surface area contributed by atoms with Gasteiger partial charge < -0.3 is 19.3 Å². The number of carbonyl (C=O) groups is 2. The van der Waals surface area contributed by atoms with Gasteiger partial charge in [0.2, 0.25) is 5.95 Å². The van der Waals surface area contributed by atoms with Crippen LogP contribution in [0.1, 0.15) is 5.56 Å². The molecule has 1 fully saturated rings. The second-order valence-electron chi connectivity index (χ2n) is 6.63. The first-order chi connectivity index (χ1) is 14.1. The van der Waals surface area contributed by atoms with Crippen molar-refractivity contribution in [2.24, 2.45) is 0 Å². The minimum atomic E-state index is -0.569. The maximum absolute atomic E-state index is 12.4. The molecule has 0 N–H and O–H groups in total. The molecule has 0 radical (unpaired) electrons. The number of esters is 1. The third kappa shape index (κ3) is 4.48. The standard InChI is InChI=1S/C20H19ClN4O4/c21-16-2-3-17-14(11-16)10-15(12-28-17)19(27)29-13-18(26)24-6-8-25(9-7-24)20-22-4-1-5-23-20/h1-5,10-11H,6-9,12-13H2. The van der Waals surface area contributed by atoms with Gasteiger partial charge in [0, 0.05) is 49.2 Å². The van der Waals surface area contributed by atoms with Gasteiger partial charge in [0.05, 0.1) is 5.57 Å². The summed E-state index contributed by atoms with van der Waals surface area (Å²) in [6.45, 7) is 2.08. The highest BCUT2D eigenvalue weighted by Crippen LogP contribution is 2.29. The number of hydrogen-bond donors (Lipinski definition) is 0. The molecule has 0 saturated carbocycles. The lowest BCUT2D eigenvalue weighted by Crippen LogP contribution is -2.50. The molecule has 2 aliphatic heterocycles. The Labute approximate surface area is 172 Å². The van der Waals surface area contributed by atoms with Crippen LogP contribution in [0.25, 0.3) is 6.08 Å². The number of anilines is 1. The van der Waals surface area contributed by atoms with Crippen LogP contribution < -0.4 is 9.64 Å². The van der Waals surface area contributed by atoms with E-state index >= 15 is 0 Å².